The Labute approximate surface area is 116 Å². The van der Waals surface area contributed by atoms with Crippen LogP contribution in [-0.4, -0.2) is 9.55 Å². The molecule has 0 aliphatic carbocycles. The Balaban J connectivity index is 2.20. The summed E-state index contributed by atoms with van der Waals surface area (Å²) < 4.78 is 21.1. The van der Waals surface area contributed by atoms with Crippen molar-refractivity contribution in [3.05, 3.63) is 47.2 Å². The first kappa shape index (κ1) is 12.7. The number of halogens is 1. The van der Waals surface area contributed by atoms with Crippen molar-refractivity contribution in [3.8, 4) is 0 Å². The van der Waals surface area contributed by atoms with Gasteiger partial charge in [-0.2, -0.15) is 0 Å². The van der Waals surface area contributed by atoms with Crippen LogP contribution in [0.2, 0.25) is 0 Å². The highest BCUT2D eigenvalue weighted by molar-refractivity contribution is 5.79. The number of fused-ring (bicyclic) bond motifs is 1. The van der Waals surface area contributed by atoms with Crippen molar-refractivity contribution in [2.75, 3.05) is 5.73 Å². The first-order valence-electron chi connectivity index (χ1n) is 6.47. The first-order chi connectivity index (χ1) is 9.47. The van der Waals surface area contributed by atoms with Gasteiger partial charge < -0.3 is 10.2 Å². The largest absolute Gasteiger partial charge is 0.464 e. The van der Waals surface area contributed by atoms with Crippen LogP contribution >= 0.6 is 0 Å². The van der Waals surface area contributed by atoms with Crippen LogP contribution in [0.15, 0.2) is 28.7 Å². The molecule has 3 rings (SSSR count). The molecule has 3 aromatic rings. The predicted molar refractivity (Wildman–Crippen MR) is 76.1 cm³/mol. The molecule has 5 heteroatoms. The smallest absolute Gasteiger partial charge is 0.201 e. The maximum atomic E-state index is 13.6. The predicted octanol–water partition coefficient (Wildman–Crippen LogP) is 3.58. The second-order valence-corrected chi connectivity index (χ2v) is 5.05. The summed E-state index contributed by atoms with van der Waals surface area (Å²) in [5, 5.41) is 0. The summed E-state index contributed by atoms with van der Waals surface area (Å²) in [7, 11) is 0. The molecule has 0 radical (unpaired) electrons. The van der Waals surface area contributed by atoms with Gasteiger partial charge in [-0.1, -0.05) is 0 Å². The molecular weight excluding hydrogens is 257 g/mol. The number of nitrogens with two attached hydrogens (primary N) is 1. The Bertz CT molecular complexity index is 788. The van der Waals surface area contributed by atoms with E-state index in [1.807, 2.05) is 30.5 Å². The maximum Gasteiger partial charge on any atom is 0.201 e. The molecule has 2 heterocycles. The van der Waals surface area contributed by atoms with E-state index in [4.69, 9.17) is 10.2 Å². The van der Waals surface area contributed by atoms with Gasteiger partial charge in [0.1, 0.15) is 17.3 Å². The molecule has 1 aromatic carbocycles. The van der Waals surface area contributed by atoms with E-state index >= 15 is 0 Å². The van der Waals surface area contributed by atoms with Crippen molar-refractivity contribution in [3.63, 3.8) is 0 Å². The molecule has 0 fully saturated rings. The van der Waals surface area contributed by atoms with Crippen LogP contribution in [0.3, 0.4) is 0 Å². The number of aryl methyl sites for hydroxylation is 2. The van der Waals surface area contributed by atoms with E-state index in [0.717, 1.165) is 17.0 Å². The van der Waals surface area contributed by atoms with Crippen molar-refractivity contribution in [1.82, 2.24) is 9.55 Å². The van der Waals surface area contributed by atoms with Gasteiger partial charge in [0.2, 0.25) is 5.95 Å². The van der Waals surface area contributed by atoms with E-state index in [1.54, 1.807) is 13.0 Å². The SMILES string of the molecule is Cc1ccc(C(C)n2c(N)nc3cc(F)c(C)cc32)o1. The summed E-state index contributed by atoms with van der Waals surface area (Å²) in [6, 6.07) is 6.91. The van der Waals surface area contributed by atoms with Crippen LogP contribution in [0.1, 0.15) is 30.0 Å². The van der Waals surface area contributed by atoms with E-state index in [9.17, 15) is 4.39 Å². The zero-order valence-corrected chi connectivity index (χ0v) is 11.6. The second-order valence-electron chi connectivity index (χ2n) is 5.05. The average Bonchev–Trinajstić information content (AvgIpc) is 2.93. The summed E-state index contributed by atoms with van der Waals surface area (Å²) in [6.07, 6.45) is 0. The highest BCUT2D eigenvalue weighted by Crippen LogP contribution is 2.29. The second kappa shape index (κ2) is 4.37. The van der Waals surface area contributed by atoms with Crippen LogP contribution in [0, 0.1) is 19.7 Å². The molecule has 0 saturated carbocycles. The number of nitrogens with zero attached hydrogens (tertiary/aromatic N) is 2. The van der Waals surface area contributed by atoms with Crippen molar-refractivity contribution >= 4 is 17.0 Å². The quantitative estimate of drug-likeness (QED) is 0.776. The molecule has 2 aromatic heterocycles. The number of imidazole rings is 1. The molecule has 4 nitrogen and oxygen atoms in total. The number of anilines is 1. The lowest BCUT2D eigenvalue weighted by Gasteiger charge is -2.14. The lowest BCUT2D eigenvalue weighted by molar-refractivity contribution is 0.435. The summed E-state index contributed by atoms with van der Waals surface area (Å²) in [5.41, 5.74) is 7.92. The monoisotopic (exact) mass is 273 g/mol. The van der Waals surface area contributed by atoms with E-state index in [1.165, 1.54) is 6.07 Å². The summed E-state index contributed by atoms with van der Waals surface area (Å²) in [5.74, 6) is 1.72. The van der Waals surface area contributed by atoms with Gasteiger partial charge in [-0.3, -0.25) is 4.57 Å². The minimum absolute atomic E-state index is 0.0986. The molecule has 0 bridgehead atoms. The Morgan fingerprint density at radius 3 is 2.70 bits per heavy atom. The summed E-state index contributed by atoms with van der Waals surface area (Å²) in [6.45, 7) is 5.60. The molecule has 20 heavy (non-hydrogen) atoms. The summed E-state index contributed by atoms with van der Waals surface area (Å²) in [4.78, 5) is 4.23. The normalized spacial score (nSPS) is 13.0. The van der Waals surface area contributed by atoms with Crippen LogP contribution in [-0.2, 0) is 0 Å². The molecule has 0 spiro atoms. The summed E-state index contributed by atoms with van der Waals surface area (Å²) >= 11 is 0. The lowest BCUT2D eigenvalue weighted by atomic mass is 10.2. The molecule has 2 N–H and O–H groups in total. The van der Waals surface area contributed by atoms with E-state index in [0.29, 0.717) is 17.0 Å². The number of aromatic nitrogens is 2. The number of rotatable bonds is 2. The number of nitrogen functional groups attached to an aromatic ring is 1. The van der Waals surface area contributed by atoms with Crippen molar-refractivity contribution in [2.24, 2.45) is 0 Å². The van der Waals surface area contributed by atoms with Crippen molar-refractivity contribution < 1.29 is 8.81 Å². The lowest BCUT2D eigenvalue weighted by Crippen LogP contribution is -2.09. The molecule has 1 atom stereocenters. The number of hydrogen-bond donors (Lipinski definition) is 1. The molecule has 0 aliphatic rings. The minimum Gasteiger partial charge on any atom is -0.464 e. The molecule has 0 aliphatic heterocycles. The Hall–Kier alpha value is -2.30. The van der Waals surface area contributed by atoms with Gasteiger partial charge in [0.15, 0.2) is 0 Å². The zero-order chi connectivity index (χ0) is 14.4. The van der Waals surface area contributed by atoms with Gasteiger partial charge in [-0.25, -0.2) is 9.37 Å². The van der Waals surface area contributed by atoms with E-state index < -0.39 is 0 Å². The Morgan fingerprint density at radius 1 is 1.30 bits per heavy atom. The highest BCUT2D eigenvalue weighted by Gasteiger charge is 2.19. The van der Waals surface area contributed by atoms with Gasteiger partial charge in [0, 0.05) is 6.07 Å². The molecule has 0 amide bonds. The number of hydrogen-bond acceptors (Lipinski definition) is 3. The van der Waals surface area contributed by atoms with Crippen LogP contribution in [0.4, 0.5) is 10.3 Å². The Morgan fingerprint density at radius 2 is 2.05 bits per heavy atom. The third-order valence-electron chi connectivity index (χ3n) is 3.56. The average molecular weight is 273 g/mol. The Kier molecular flexibility index (Phi) is 2.78. The first-order valence-corrected chi connectivity index (χ1v) is 6.47. The highest BCUT2D eigenvalue weighted by atomic mass is 19.1. The molecule has 104 valence electrons. The van der Waals surface area contributed by atoms with Gasteiger partial charge >= 0.3 is 0 Å². The van der Waals surface area contributed by atoms with Crippen molar-refractivity contribution in [2.45, 2.75) is 26.8 Å². The third-order valence-corrected chi connectivity index (χ3v) is 3.56. The fraction of sp³-hybridized carbons (Fsp3) is 0.267. The topological polar surface area (TPSA) is 57.0 Å². The molecular formula is C15H16FN3O. The van der Waals surface area contributed by atoms with Crippen LogP contribution in [0.25, 0.3) is 11.0 Å². The van der Waals surface area contributed by atoms with E-state index in [2.05, 4.69) is 4.98 Å². The van der Waals surface area contributed by atoms with Crippen LogP contribution < -0.4 is 5.73 Å². The maximum absolute atomic E-state index is 13.6. The molecule has 0 saturated heterocycles. The van der Waals surface area contributed by atoms with Gasteiger partial charge in [-0.05, 0) is 44.5 Å². The third kappa shape index (κ3) is 1.86. The number of benzene rings is 1. The minimum atomic E-state index is -0.274. The van der Waals surface area contributed by atoms with Gasteiger partial charge in [-0.15, -0.1) is 0 Å². The van der Waals surface area contributed by atoms with Gasteiger partial charge in [0.25, 0.3) is 0 Å². The fourth-order valence-corrected chi connectivity index (χ4v) is 2.45. The standard InChI is InChI=1S/C15H16FN3O/c1-8-6-13-12(7-11(8)16)18-15(17)19(13)10(3)14-5-4-9(2)20-14/h4-7,10H,1-3H3,(H2,17,18). The van der Waals surface area contributed by atoms with Crippen LogP contribution in [0.5, 0.6) is 0 Å². The zero-order valence-electron chi connectivity index (χ0n) is 11.6. The van der Waals surface area contributed by atoms with Gasteiger partial charge in [0.05, 0.1) is 17.1 Å². The van der Waals surface area contributed by atoms with E-state index in [-0.39, 0.29) is 11.9 Å². The van der Waals surface area contributed by atoms with Crippen molar-refractivity contribution in [1.29, 1.82) is 0 Å². The molecule has 1 unspecified atom stereocenters. The number of furan rings is 1. The fourth-order valence-electron chi connectivity index (χ4n) is 2.45.